The van der Waals surface area contributed by atoms with Crippen LogP contribution < -0.4 is 16.4 Å². The van der Waals surface area contributed by atoms with E-state index in [1.54, 1.807) is 12.1 Å². The van der Waals surface area contributed by atoms with Crippen molar-refractivity contribution in [1.29, 1.82) is 0 Å². The molecule has 5 heteroatoms. The van der Waals surface area contributed by atoms with Gasteiger partial charge in [-0.2, -0.15) is 0 Å². The second-order valence-corrected chi connectivity index (χ2v) is 7.08. The Kier molecular flexibility index (Phi) is 6.61. The maximum Gasteiger partial charge on any atom is 0.250 e. The number of nitrogens with one attached hydrogen (secondary N) is 2. The second-order valence-electron chi connectivity index (χ2n) is 7.08. The fourth-order valence-electron chi connectivity index (χ4n) is 3.45. The zero-order valence-corrected chi connectivity index (χ0v) is 15.2. The monoisotopic (exact) mass is 352 g/mol. The summed E-state index contributed by atoms with van der Waals surface area (Å²) < 4.78 is 0. The van der Waals surface area contributed by atoms with Crippen LogP contribution in [0, 0.1) is 5.92 Å². The topological polar surface area (TPSA) is 80.0 Å². The Labute approximate surface area is 155 Å². The Bertz CT molecular complexity index is 691. The van der Waals surface area contributed by atoms with Gasteiger partial charge in [0.25, 0.3) is 0 Å². The van der Waals surface area contributed by atoms with Crippen LogP contribution in [0.15, 0.2) is 42.6 Å². The lowest BCUT2D eigenvalue weighted by Gasteiger charge is -2.21. The standard InChI is InChI=1S/C21H28N4O/c22-21(26)18-8-11-20(24-15-18)25-19-9-6-16(7-10-19)12-13-23-14-17-4-2-1-3-5-17/h6-11,15,17,23H,1-5,12-14H2,(H2,22,26)(H,24,25). The van der Waals surface area contributed by atoms with Gasteiger partial charge in [0.2, 0.25) is 5.91 Å². The average molecular weight is 352 g/mol. The Hall–Kier alpha value is -2.40. The van der Waals surface area contributed by atoms with Gasteiger partial charge in [-0.3, -0.25) is 4.79 Å². The lowest BCUT2D eigenvalue weighted by molar-refractivity contribution is 0.1000. The van der Waals surface area contributed by atoms with Crippen molar-refractivity contribution in [3.05, 3.63) is 53.7 Å². The van der Waals surface area contributed by atoms with Crippen LogP contribution in [0.1, 0.15) is 48.0 Å². The number of primary amides is 1. The molecule has 0 unspecified atom stereocenters. The molecule has 1 aliphatic carbocycles. The van der Waals surface area contributed by atoms with Crippen LogP contribution in [-0.2, 0) is 6.42 Å². The number of hydrogen-bond acceptors (Lipinski definition) is 4. The highest BCUT2D eigenvalue weighted by molar-refractivity contribution is 5.92. The number of benzene rings is 1. The number of amides is 1. The molecule has 1 heterocycles. The Balaban J connectivity index is 1.42. The summed E-state index contributed by atoms with van der Waals surface area (Å²) in [4.78, 5) is 15.3. The minimum Gasteiger partial charge on any atom is -0.366 e. The molecule has 26 heavy (non-hydrogen) atoms. The van der Waals surface area contributed by atoms with Gasteiger partial charge in [0.1, 0.15) is 5.82 Å². The zero-order chi connectivity index (χ0) is 18.2. The number of anilines is 2. The molecule has 2 aromatic rings. The van der Waals surface area contributed by atoms with Crippen LogP contribution in [0.2, 0.25) is 0 Å². The lowest BCUT2D eigenvalue weighted by Crippen LogP contribution is -2.26. The molecule has 0 bridgehead atoms. The minimum atomic E-state index is -0.467. The van der Waals surface area contributed by atoms with E-state index < -0.39 is 5.91 Å². The van der Waals surface area contributed by atoms with Crippen LogP contribution >= 0.6 is 0 Å². The van der Waals surface area contributed by atoms with Crippen LogP contribution in [-0.4, -0.2) is 24.0 Å². The predicted molar refractivity (Wildman–Crippen MR) is 106 cm³/mol. The molecule has 138 valence electrons. The first-order chi connectivity index (χ1) is 12.7. The summed E-state index contributed by atoms with van der Waals surface area (Å²) in [5.74, 6) is 1.10. The molecule has 3 rings (SSSR count). The summed E-state index contributed by atoms with van der Waals surface area (Å²) in [6, 6.07) is 11.8. The van der Waals surface area contributed by atoms with E-state index in [4.69, 9.17) is 5.73 Å². The van der Waals surface area contributed by atoms with Gasteiger partial charge in [0, 0.05) is 11.9 Å². The number of pyridine rings is 1. The van der Waals surface area contributed by atoms with Gasteiger partial charge in [-0.25, -0.2) is 4.98 Å². The molecule has 0 saturated heterocycles. The highest BCUT2D eigenvalue weighted by Crippen LogP contribution is 2.22. The lowest BCUT2D eigenvalue weighted by atomic mass is 9.89. The van der Waals surface area contributed by atoms with E-state index in [0.29, 0.717) is 11.4 Å². The largest absolute Gasteiger partial charge is 0.366 e. The number of nitrogens with two attached hydrogens (primary N) is 1. The zero-order valence-electron chi connectivity index (χ0n) is 15.2. The summed E-state index contributed by atoms with van der Waals surface area (Å²) in [6.07, 6.45) is 9.53. The fourth-order valence-corrected chi connectivity index (χ4v) is 3.45. The number of nitrogens with zero attached hydrogens (tertiary/aromatic N) is 1. The van der Waals surface area contributed by atoms with Crippen molar-refractivity contribution in [2.75, 3.05) is 18.4 Å². The number of carbonyl (C=O) groups excluding carboxylic acids is 1. The van der Waals surface area contributed by atoms with Crippen molar-refractivity contribution in [3.63, 3.8) is 0 Å². The molecule has 0 aliphatic heterocycles. The van der Waals surface area contributed by atoms with E-state index in [1.165, 1.54) is 43.9 Å². The molecule has 0 atom stereocenters. The van der Waals surface area contributed by atoms with Crippen molar-refractivity contribution in [3.8, 4) is 0 Å². The van der Waals surface area contributed by atoms with Gasteiger partial charge in [-0.05, 0) is 68.1 Å². The molecule has 0 radical (unpaired) electrons. The Morgan fingerprint density at radius 2 is 1.85 bits per heavy atom. The predicted octanol–water partition coefficient (Wildman–Crippen LogP) is 3.64. The first kappa shape index (κ1) is 18.4. The summed E-state index contributed by atoms with van der Waals surface area (Å²) in [5.41, 5.74) is 7.93. The summed E-state index contributed by atoms with van der Waals surface area (Å²) in [6.45, 7) is 2.19. The fraction of sp³-hybridized carbons (Fsp3) is 0.429. The van der Waals surface area contributed by atoms with Gasteiger partial charge in [-0.1, -0.05) is 31.4 Å². The quantitative estimate of drug-likeness (QED) is 0.634. The molecular weight excluding hydrogens is 324 g/mol. The van der Waals surface area contributed by atoms with Crippen molar-refractivity contribution >= 4 is 17.4 Å². The first-order valence-electron chi connectivity index (χ1n) is 9.53. The number of rotatable bonds is 8. The highest BCUT2D eigenvalue weighted by Gasteiger charge is 2.12. The van der Waals surface area contributed by atoms with Crippen molar-refractivity contribution in [2.24, 2.45) is 11.7 Å². The third-order valence-electron chi connectivity index (χ3n) is 5.02. The number of hydrogen-bond donors (Lipinski definition) is 3. The molecule has 1 aromatic heterocycles. The normalized spacial score (nSPS) is 14.9. The van der Waals surface area contributed by atoms with Crippen LogP contribution in [0.3, 0.4) is 0 Å². The SMILES string of the molecule is NC(=O)c1ccc(Nc2ccc(CCNCC3CCCCC3)cc2)nc1. The molecular formula is C21H28N4O. The summed E-state index contributed by atoms with van der Waals surface area (Å²) in [7, 11) is 0. The third kappa shape index (κ3) is 5.56. The average Bonchev–Trinajstić information content (AvgIpc) is 2.68. The van der Waals surface area contributed by atoms with E-state index in [2.05, 4.69) is 39.9 Å². The van der Waals surface area contributed by atoms with Crippen molar-refractivity contribution < 1.29 is 4.79 Å². The maximum atomic E-state index is 11.1. The van der Waals surface area contributed by atoms with Crippen LogP contribution in [0.4, 0.5) is 11.5 Å². The highest BCUT2D eigenvalue weighted by atomic mass is 16.1. The third-order valence-corrected chi connectivity index (χ3v) is 5.02. The molecule has 1 saturated carbocycles. The van der Waals surface area contributed by atoms with Gasteiger partial charge >= 0.3 is 0 Å². The van der Waals surface area contributed by atoms with Crippen molar-refractivity contribution in [1.82, 2.24) is 10.3 Å². The maximum absolute atomic E-state index is 11.1. The first-order valence-corrected chi connectivity index (χ1v) is 9.53. The summed E-state index contributed by atoms with van der Waals surface area (Å²) in [5, 5.41) is 6.84. The number of carbonyl (C=O) groups is 1. The smallest absolute Gasteiger partial charge is 0.250 e. The Morgan fingerprint density at radius 1 is 1.08 bits per heavy atom. The van der Waals surface area contributed by atoms with E-state index in [-0.39, 0.29) is 0 Å². The molecule has 1 aliphatic rings. The molecule has 1 amide bonds. The minimum absolute atomic E-state index is 0.409. The van der Waals surface area contributed by atoms with Gasteiger partial charge < -0.3 is 16.4 Å². The van der Waals surface area contributed by atoms with Gasteiger partial charge in [0.15, 0.2) is 0 Å². The van der Waals surface area contributed by atoms with Crippen LogP contribution in [0.5, 0.6) is 0 Å². The van der Waals surface area contributed by atoms with E-state index in [1.807, 2.05) is 0 Å². The number of aromatic nitrogens is 1. The Morgan fingerprint density at radius 3 is 2.50 bits per heavy atom. The molecule has 5 nitrogen and oxygen atoms in total. The van der Waals surface area contributed by atoms with E-state index >= 15 is 0 Å². The summed E-state index contributed by atoms with van der Waals surface area (Å²) >= 11 is 0. The van der Waals surface area contributed by atoms with Gasteiger partial charge in [0.05, 0.1) is 5.56 Å². The molecule has 1 aromatic carbocycles. The van der Waals surface area contributed by atoms with Crippen LogP contribution in [0.25, 0.3) is 0 Å². The van der Waals surface area contributed by atoms with Crippen molar-refractivity contribution in [2.45, 2.75) is 38.5 Å². The molecule has 0 spiro atoms. The molecule has 4 N–H and O–H groups in total. The van der Waals surface area contributed by atoms with E-state index in [0.717, 1.165) is 31.1 Å². The molecule has 1 fully saturated rings. The second kappa shape index (κ2) is 9.34. The van der Waals surface area contributed by atoms with Gasteiger partial charge in [-0.15, -0.1) is 0 Å². The van der Waals surface area contributed by atoms with E-state index in [9.17, 15) is 4.79 Å².